The number of nitrogens with one attached hydrogen (secondary N) is 1. The van der Waals surface area contributed by atoms with Crippen molar-refractivity contribution in [3.8, 4) is 11.8 Å². The van der Waals surface area contributed by atoms with Gasteiger partial charge in [-0.15, -0.1) is 11.8 Å². The van der Waals surface area contributed by atoms with Crippen molar-refractivity contribution in [3.63, 3.8) is 0 Å². The topological polar surface area (TPSA) is 56.9 Å². The largest absolute Gasteiger partial charge is 0.497 e. The highest BCUT2D eigenvalue weighted by atomic mass is 32.2. The lowest BCUT2D eigenvalue weighted by Crippen LogP contribution is -1.90. The van der Waals surface area contributed by atoms with Crippen molar-refractivity contribution < 1.29 is 4.74 Å². The SMILES string of the molecule is COc1ccc(CSC(=N)CC#N)cc1. The fourth-order valence-electron chi connectivity index (χ4n) is 1.02. The molecule has 0 spiro atoms. The molecule has 0 atom stereocenters. The van der Waals surface area contributed by atoms with Gasteiger partial charge in [-0.3, -0.25) is 5.41 Å². The summed E-state index contributed by atoms with van der Waals surface area (Å²) in [6, 6.07) is 9.67. The first kappa shape index (κ1) is 11.6. The third kappa shape index (κ3) is 4.05. The van der Waals surface area contributed by atoms with Gasteiger partial charge in [0.25, 0.3) is 0 Å². The van der Waals surface area contributed by atoms with Gasteiger partial charge in [-0.05, 0) is 17.7 Å². The van der Waals surface area contributed by atoms with Crippen LogP contribution in [0.15, 0.2) is 24.3 Å². The van der Waals surface area contributed by atoms with E-state index in [0.717, 1.165) is 17.1 Å². The Morgan fingerprint density at radius 3 is 2.67 bits per heavy atom. The molecule has 1 aromatic carbocycles. The molecule has 0 aliphatic carbocycles. The predicted molar refractivity (Wildman–Crippen MR) is 62.2 cm³/mol. The Labute approximate surface area is 93.6 Å². The summed E-state index contributed by atoms with van der Waals surface area (Å²) in [4.78, 5) is 0. The van der Waals surface area contributed by atoms with Crippen LogP contribution in [0.2, 0.25) is 0 Å². The average molecular weight is 220 g/mol. The van der Waals surface area contributed by atoms with E-state index in [1.165, 1.54) is 11.8 Å². The van der Waals surface area contributed by atoms with Crippen LogP contribution in [0.4, 0.5) is 0 Å². The molecule has 0 radical (unpaired) electrons. The van der Waals surface area contributed by atoms with Crippen LogP contribution >= 0.6 is 11.8 Å². The number of benzene rings is 1. The molecule has 0 heterocycles. The third-order valence-corrected chi connectivity index (χ3v) is 2.78. The maximum Gasteiger partial charge on any atom is 0.118 e. The van der Waals surface area contributed by atoms with Gasteiger partial charge in [-0.25, -0.2) is 0 Å². The van der Waals surface area contributed by atoms with Crippen LogP contribution in [0.25, 0.3) is 0 Å². The summed E-state index contributed by atoms with van der Waals surface area (Å²) < 4.78 is 5.04. The lowest BCUT2D eigenvalue weighted by molar-refractivity contribution is 0.414. The van der Waals surface area contributed by atoms with Gasteiger partial charge in [0.05, 0.1) is 24.6 Å². The lowest BCUT2D eigenvalue weighted by Gasteiger charge is -2.02. The van der Waals surface area contributed by atoms with E-state index in [4.69, 9.17) is 15.4 Å². The monoisotopic (exact) mass is 220 g/mol. The number of ether oxygens (including phenoxy) is 1. The van der Waals surface area contributed by atoms with Crippen molar-refractivity contribution in [2.45, 2.75) is 12.2 Å². The molecule has 0 saturated heterocycles. The fourth-order valence-corrected chi connectivity index (χ4v) is 1.72. The third-order valence-electron chi connectivity index (χ3n) is 1.81. The smallest absolute Gasteiger partial charge is 0.118 e. The van der Waals surface area contributed by atoms with Crippen LogP contribution in [-0.4, -0.2) is 12.2 Å². The number of rotatable bonds is 4. The van der Waals surface area contributed by atoms with Crippen molar-refractivity contribution in [3.05, 3.63) is 29.8 Å². The molecular formula is C11H12N2OS. The lowest BCUT2D eigenvalue weighted by atomic mass is 10.2. The molecule has 3 nitrogen and oxygen atoms in total. The molecule has 1 aromatic rings. The van der Waals surface area contributed by atoms with Crippen LogP contribution in [0.5, 0.6) is 5.75 Å². The van der Waals surface area contributed by atoms with Gasteiger partial charge >= 0.3 is 0 Å². The highest BCUT2D eigenvalue weighted by Crippen LogP contribution is 2.17. The molecule has 1 rings (SSSR count). The average Bonchev–Trinajstić information content (AvgIpc) is 2.27. The molecule has 4 heteroatoms. The fraction of sp³-hybridized carbons (Fsp3) is 0.273. The van der Waals surface area contributed by atoms with E-state index in [9.17, 15) is 0 Å². The van der Waals surface area contributed by atoms with Crippen molar-refractivity contribution in [1.29, 1.82) is 10.7 Å². The Hall–Kier alpha value is -1.47. The summed E-state index contributed by atoms with van der Waals surface area (Å²) in [7, 11) is 1.63. The predicted octanol–water partition coefficient (Wildman–Crippen LogP) is 2.82. The molecule has 0 amide bonds. The molecule has 0 aromatic heterocycles. The van der Waals surface area contributed by atoms with Crippen LogP contribution < -0.4 is 4.74 Å². The molecule has 78 valence electrons. The first-order valence-corrected chi connectivity index (χ1v) is 5.45. The maximum atomic E-state index is 8.38. The number of methoxy groups -OCH3 is 1. The van der Waals surface area contributed by atoms with Crippen molar-refractivity contribution >= 4 is 16.8 Å². The van der Waals surface area contributed by atoms with Gasteiger partial charge in [-0.1, -0.05) is 12.1 Å². The van der Waals surface area contributed by atoms with Crippen molar-refractivity contribution in [1.82, 2.24) is 0 Å². The minimum absolute atomic E-state index is 0.195. The highest BCUT2D eigenvalue weighted by Gasteiger charge is 1.99. The second-order valence-corrected chi connectivity index (χ2v) is 3.96. The minimum Gasteiger partial charge on any atom is -0.497 e. The summed E-state index contributed by atoms with van der Waals surface area (Å²) in [5.74, 6) is 1.56. The number of nitrogens with zero attached hydrogens (tertiary/aromatic N) is 1. The second kappa shape index (κ2) is 6.10. The zero-order chi connectivity index (χ0) is 11.1. The van der Waals surface area contributed by atoms with E-state index in [1.54, 1.807) is 7.11 Å². The summed E-state index contributed by atoms with van der Waals surface area (Å²) in [6.45, 7) is 0. The van der Waals surface area contributed by atoms with Gasteiger partial charge in [-0.2, -0.15) is 5.26 Å². The molecule has 0 bridgehead atoms. The van der Waals surface area contributed by atoms with E-state index < -0.39 is 0 Å². The van der Waals surface area contributed by atoms with E-state index >= 15 is 0 Å². The van der Waals surface area contributed by atoms with Gasteiger partial charge in [0.1, 0.15) is 5.75 Å². The van der Waals surface area contributed by atoms with Crippen LogP contribution in [0, 0.1) is 16.7 Å². The molecule has 15 heavy (non-hydrogen) atoms. The Morgan fingerprint density at radius 1 is 1.47 bits per heavy atom. The summed E-state index contributed by atoms with van der Waals surface area (Å²) in [5, 5.41) is 16.2. The number of hydrogen-bond donors (Lipinski definition) is 1. The van der Waals surface area contributed by atoms with Gasteiger partial charge in [0, 0.05) is 5.75 Å². The number of thioether (sulfide) groups is 1. The zero-order valence-corrected chi connectivity index (χ0v) is 9.30. The number of hydrogen-bond acceptors (Lipinski definition) is 4. The van der Waals surface area contributed by atoms with E-state index in [-0.39, 0.29) is 6.42 Å². The quantitative estimate of drug-likeness (QED) is 0.627. The molecular weight excluding hydrogens is 208 g/mol. The van der Waals surface area contributed by atoms with Gasteiger partial charge in [0.2, 0.25) is 0 Å². The van der Waals surface area contributed by atoms with E-state index in [2.05, 4.69) is 0 Å². The number of nitriles is 1. The minimum atomic E-state index is 0.195. The zero-order valence-electron chi connectivity index (χ0n) is 8.49. The summed E-state index contributed by atoms with van der Waals surface area (Å²) in [5.41, 5.74) is 1.13. The van der Waals surface area contributed by atoms with Crippen molar-refractivity contribution in [2.24, 2.45) is 0 Å². The van der Waals surface area contributed by atoms with Crippen molar-refractivity contribution in [2.75, 3.05) is 7.11 Å². The molecule has 0 aliphatic rings. The molecule has 0 aliphatic heterocycles. The maximum absolute atomic E-state index is 8.38. The van der Waals surface area contributed by atoms with Gasteiger partial charge in [0.15, 0.2) is 0 Å². The second-order valence-electron chi connectivity index (χ2n) is 2.89. The van der Waals surface area contributed by atoms with Crippen LogP contribution in [-0.2, 0) is 5.75 Å². The highest BCUT2D eigenvalue weighted by molar-refractivity contribution is 8.13. The Balaban J connectivity index is 2.45. The van der Waals surface area contributed by atoms with Crippen LogP contribution in [0.3, 0.4) is 0 Å². The summed E-state index contributed by atoms with van der Waals surface area (Å²) >= 11 is 1.39. The van der Waals surface area contributed by atoms with Gasteiger partial charge < -0.3 is 4.74 Å². The normalized spacial score (nSPS) is 9.33. The Bertz CT molecular complexity index is 367. The molecule has 0 fully saturated rings. The molecule has 0 unspecified atom stereocenters. The first-order chi connectivity index (χ1) is 7.26. The molecule has 1 N–H and O–H groups in total. The first-order valence-electron chi connectivity index (χ1n) is 4.46. The summed E-state index contributed by atoms with van der Waals surface area (Å²) in [6.07, 6.45) is 0.195. The standard InChI is InChI=1S/C11H12N2OS/c1-14-10-4-2-9(3-5-10)8-15-11(13)6-7-12/h2-5,13H,6,8H2,1H3. The van der Waals surface area contributed by atoms with E-state index in [0.29, 0.717) is 5.04 Å². The Morgan fingerprint density at radius 2 is 2.13 bits per heavy atom. The van der Waals surface area contributed by atoms with Crippen LogP contribution in [0.1, 0.15) is 12.0 Å². The molecule has 0 saturated carbocycles. The Kier molecular flexibility index (Phi) is 4.72. The van der Waals surface area contributed by atoms with E-state index in [1.807, 2.05) is 30.3 Å².